The summed E-state index contributed by atoms with van der Waals surface area (Å²) in [6.07, 6.45) is 4.70. The lowest BCUT2D eigenvalue weighted by Gasteiger charge is -2.09. The zero-order valence-electron chi connectivity index (χ0n) is 14.1. The van der Waals surface area contributed by atoms with E-state index in [4.69, 9.17) is 10.8 Å². The van der Waals surface area contributed by atoms with Crippen LogP contribution < -0.4 is 16.4 Å². The van der Waals surface area contributed by atoms with Gasteiger partial charge in [-0.3, -0.25) is 9.59 Å². The Morgan fingerprint density at radius 3 is 2.56 bits per heavy atom. The lowest BCUT2D eigenvalue weighted by atomic mass is 10.0. The van der Waals surface area contributed by atoms with Gasteiger partial charge in [-0.1, -0.05) is 31.0 Å². The van der Waals surface area contributed by atoms with E-state index >= 15 is 0 Å². The summed E-state index contributed by atoms with van der Waals surface area (Å²) >= 11 is 0. The van der Waals surface area contributed by atoms with E-state index in [-0.39, 0.29) is 24.9 Å². The molecule has 2 aromatic rings. The molecule has 0 atom stereocenters. The minimum Gasteiger partial charge on any atom is -0.346 e. The second-order valence-electron chi connectivity index (χ2n) is 6.21. The van der Waals surface area contributed by atoms with Crippen molar-refractivity contribution < 1.29 is 9.59 Å². The second-order valence-corrected chi connectivity index (χ2v) is 6.21. The highest BCUT2D eigenvalue weighted by Crippen LogP contribution is 2.35. The van der Waals surface area contributed by atoms with Crippen molar-refractivity contribution in [2.75, 3.05) is 18.4 Å². The minimum absolute atomic E-state index is 0.116. The number of benzene rings is 1. The summed E-state index contributed by atoms with van der Waals surface area (Å²) in [5, 5.41) is 10.0. The molecule has 7 heteroatoms. The number of carbonyl (C=O) groups excluding carboxylic acids is 2. The topological polar surface area (TPSA) is 102 Å². The summed E-state index contributed by atoms with van der Waals surface area (Å²) in [7, 11) is 0. The van der Waals surface area contributed by atoms with E-state index in [1.165, 1.54) is 12.8 Å². The maximum atomic E-state index is 12.1. The Balaban J connectivity index is 1.80. The molecule has 25 heavy (non-hydrogen) atoms. The summed E-state index contributed by atoms with van der Waals surface area (Å²) in [5.74, 6) is 0.382. The number of para-hydroxylation sites is 1. The lowest BCUT2D eigenvalue weighted by Crippen LogP contribution is -2.36. The Labute approximate surface area is 146 Å². The van der Waals surface area contributed by atoms with Crippen LogP contribution in [0.25, 0.3) is 5.69 Å². The zero-order chi connectivity index (χ0) is 17.6. The lowest BCUT2D eigenvalue weighted by molar-refractivity contribution is -0.123. The molecule has 1 aromatic carbocycles. The van der Waals surface area contributed by atoms with Crippen molar-refractivity contribution in [2.45, 2.75) is 31.6 Å². The molecule has 1 fully saturated rings. The van der Waals surface area contributed by atoms with Crippen LogP contribution in [0.5, 0.6) is 0 Å². The molecular weight excluding hydrogens is 318 g/mol. The summed E-state index contributed by atoms with van der Waals surface area (Å²) in [6.45, 7) is -0.254. The van der Waals surface area contributed by atoms with Gasteiger partial charge in [0.05, 0.1) is 24.5 Å². The van der Waals surface area contributed by atoms with Crippen molar-refractivity contribution in [3.05, 3.63) is 42.1 Å². The van der Waals surface area contributed by atoms with Gasteiger partial charge >= 0.3 is 0 Å². The fraction of sp³-hybridized carbons (Fsp3) is 0.389. The molecule has 0 radical (unpaired) electrons. The first kappa shape index (κ1) is 17.2. The highest BCUT2D eigenvalue weighted by atomic mass is 16.2. The number of nitrogens with zero attached hydrogens (tertiary/aromatic N) is 2. The fourth-order valence-electron chi connectivity index (χ4n) is 3.11. The molecule has 1 heterocycles. The Morgan fingerprint density at radius 1 is 1.16 bits per heavy atom. The van der Waals surface area contributed by atoms with Crippen molar-refractivity contribution in [3.63, 3.8) is 0 Å². The van der Waals surface area contributed by atoms with Crippen molar-refractivity contribution in [2.24, 2.45) is 5.73 Å². The number of hydrogen-bond acceptors (Lipinski definition) is 4. The normalized spacial score (nSPS) is 14.4. The fourth-order valence-corrected chi connectivity index (χ4v) is 3.11. The van der Waals surface area contributed by atoms with Crippen LogP contribution >= 0.6 is 0 Å². The minimum atomic E-state index is -0.363. The number of hydrogen-bond donors (Lipinski definition) is 3. The maximum absolute atomic E-state index is 12.1. The predicted molar refractivity (Wildman–Crippen MR) is 95.5 cm³/mol. The Kier molecular flexibility index (Phi) is 5.45. The van der Waals surface area contributed by atoms with Gasteiger partial charge in [0, 0.05) is 12.0 Å². The second kappa shape index (κ2) is 7.94. The highest BCUT2D eigenvalue weighted by molar-refractivity contribution is 5.94. The van der Waals surface area contributed by atoms with Crippen LogP contribution in [0, 0.1) is 0 Å². The molecule has 132 valence electrons. The summed E-state index contributed by atoms with van der Waals surface area (Å²) in [5.41, 5.74) is 7.11. The van der Waals surface area contributed by atoms with Gasteiger partial charge in [0.15, 0.2) is 0 Å². The Morgan fingerprint density at radius 2 is 1.88 bits per heavy atom. The quantitative estimate of drug-likeness (QED) is 0.742. The van der Waals surface area contributed by atoms with E-state index in [2.05, 4.69) is 10.6 Å². The molecule has 0 unspecified atom stereocenters. The monoisotopic (exact) mass is 341 g/mol. The van der Waals surface area contributed by atoms with E-state index in [1.54, 1.807) is 4.68 Å². The summed E-state index contributed by atoms with van der Waals surface area (Å²) in [4.78, 5) is 23.3. The van der Waals surface area contributed by atoms with Crippen LogP contribution in [-0.2, 0) is 9.59 Å². The average Bonchev–Trinajstić information content (AvgIpc) is 3.30. The van der Waals surface area contributed by atoms with Crippen LogP contribution in [-0.4, -0.2) is 34.7 Å². The molecule has 1 aromatic heterocycles. The first-order chi connectivity index (χ1) is 12.2. The standard InChI is InChI=1S/C18H23N5O2/c19-11-17(24)20-12-18(25)21-16-10-15(13-6-4-5-7-13)22-23(16)14-8-2-1-3-9-14/h1-3,8-10,13H,4-7,11-12,19H2,(H,20,24)(H,21,25). The first-order valence-corrected chi connectivity index (χ1v) is 8.59. The number of anilines is 1. The molecule has 0 aliphatic heterocycles. The molecule has 2 amide bonds. The molecule has 0 bridgehead atoms. The summed E-state index contributed by atoms with van der Waals surface area (Å²) < 4.78 is 1.75. The first-order valence-electron chi connectivity index (χ1n) is 8.59. The molecule has 7 nitrogen and oxygen atoms in total. The van der Waals surface area contributed by atoms with E-state index in [9.17, 15) is 9.59 Å². The molecule has 0 saturated heterocycles. The van der Waals surface area contributed by atoms with Gasteiger partial charge in [0.25, 0.3) is 0 Å². The van der Waals surface area contributed by atoms with E-state index < -0.39 is 0 Å². The molecule has 1 aliphatic carbocycles. The highest BCUT2D eigenvalue weighted by Gasteiger charge is 2.22. The smallest absolute Gasteiger partial charge is 0.244 e. The van der Waals surface area contributed by atoms with Crippen LogP contribution in [0.2, 0.25) is 0 Å². The van der Waals surface area contributed by atoms with Gasteiger partial charge in [-0.15, -0.1) is 0 Å². The van der Waals surface area contributed by atoms with Crippen LogP contribution in [0.1, 0.15) is 37.3 Å². The Hall–Kier alpha value is -2.67. The van der Waals surface area contributed by atoms with E-state index in [1.807, 2.05) is 36.4 Å². The van der Waals surface area contributed by atoms with Crippen molar-refractivity contribution in [1.82, 2.24) is 15.1 Å². The van der Waals surface area contributed by atoms with Gasteiger partial charge in [-0.2, -0.15) is 5.10 Å². The number of amides is 2. The zero-order valence-corrected chi connectivity index (χ0v) is 14.1. The van der Waals surface area contributed by atoms with Gasteiger partial charge in [-0.25, -0.2) is 4.68 Å². The van der Waals surface area contributed by atoms with Gasteiger partial charge in [0.1, 0.15) is 5.82 Å². The van der Waals surface area contributed by atoms with Crippen LogP contribution in [0.4, 0.5) is 5.82 Å². The third-order valence-electron chi connectivity index (χ3n) is 4.40. The van der Waals surface area contributed by atoms with E-state index in [0.717, 1.165) is 24.2 Å². The van der Waals surface area contributed by atoms with Crippen LogP contribution in [0.15, 0.2) is 36.4 Å². The number of nitrogens with one attached hydrogen (secondary N) is 2. The molecule has 4 N–H and O–H groups in total. The number of aromatic nitrogens is 2. The number of rotatable bonds is 6. The van der Waals surface area contributed by atoms with Gasteiger partial charge in [0.2, 0.25) is 11.8 Å². The summed E-state index contributed by atoms with van der Waals surface area (Å²) in [6, 6.07) is 11.6. The van der Waals surface area contributed by atoms with Gasteiger partial charge in [-0.05, 0) is 25.0 Å². The SMILES string of the molecule is NCC(=O)NCC(=O)Nc1cc(C2CCCC2)nn1-c1ccccc1. The van der Waals surface area contributed by atoms with Gasteiger partial charge < -0.3 is 16.4 Å². The van der Waals surface area contributed by atoms with Crippen LogP contribution in [0.3, 0.4) is 0 Å². The molecule has 1 saturated carbocycles. The molecule has 3 rings (SSSR count). The Bertz CT molecular complexity index is 735. The largest absolute Gasteiger partial charge is 0.346 e. The number of carbonyl (C=O) groups is 2. The maximum Gasteiger partial charge on any atom is 0.244 e. The molecular formula is C18H23N5O2. The number of nitrogens with two attached hydrogens (primary N) is 1. The van der Waals surface area contributed by atoms with E-state index in [0.29, 0.717) is 11.7 Å². The van der Waals surface area contributed by atoms with Crippen molar-refractivity contribution in [3.8, 4) is 5.69 Å². The average molecular weight is 341 g/mol. The van der Waals surface area contributed by atoms with Crippen molar-refractivity contribution in [1.29, 1.82) is 0 Å². The third kappa shape index (κ3) is 4.24. The molecule has 1 aliphatic rings. The predicted octanol–water partition coefficient (Wildman–Crippen LogP) is 1.54. The molecule has 0 spiro atoms. The van der Waals surface area contributed by atoms with Crippen molar-refractivity contribution >= 4 is 17.6 Å². The third-order valence-corrected chi connectivity index (χ3v) is 4.40.